The van der Waals surface area contributed by atoms with Crippen LogP contribution in [0.25, 0.3) is 11.0 Å². The minimum Gasteiger partial charge on any atom is -0.461 e. The summed E-state index contributed by atoms with van der Waals surface area (Å²) in [4.78, 5) is 0. The van der Waals surface area contributed by atoms with Gasteiger partial charge in [0.15, 0.2) is 11.4 Å². The Bertz CT molecular complexity index is 433. The Morgan fingerprint density at radius 1 is 1.42 bits per heavy atom. The highest BCUT2D eigenvalue weighted by Gasteiger charge is 2.09. The molecule has 12 heavy (non-hydrogen) atoms. The van der Waals surface area contributed by atoms with Crippen molar-refractivity contribution in [2.45, 2.75) is 6.92 Å². The monoisotopic (exact) mass is 184 g/mol. The number of hydrogen-bond acceptors (Lipinski definition) is 1. The van der Waals surface area contributed by atoms with E-state index in [0.29, 0.717) is 0 Å². The molecule has 0 amide bonds. The predicted molar refractivity (Wildman–Crippen MR) is 45.9 cm³/mol. The lowest BCUT2D eigenvalue weighted by Crippen LogP contribution is -1.77. The van der Waals surface area contributed by atoms with E-state index < -0.39 is 5.82 Å². The Hall–Kier alpha value is -1.02. The zero-order chi connectivity index (χ0) is 8.72. The lowest BCUT2D eigenvalue weighted by molar-refractivity contribution is 0.559. The van der Waals surface area contributed by atoms with Crippen LogP contribution in [0.1, 0.15) is 5.56 Å². The molecule has 0 saturated heterocycles. The Morgan fingerprint density at radius 3 is 2.92 bits per heavy atom. The first-order valence-electron chi connectivity index (χ1n) is 3.52. The first-order chi connectivity index (χ1) is 5.70. The van der Waals surface area contributed by atoms with Crippen molar-refractivity contribution in [2.75, 3.05) is 0 Å². The summed E-state index contributed by atoms with van der Waals surface area (Å²) in [5, 5.41) is 0.869. The fraction of sp³-hybridized carbons (Fsp3) is 0.111. The van der Waals surface area contributed by atoms with Gasteiger partial charge in [-0.25, -0.2) is 4.39 Å². The van der Waals surface area contributed by atoms with Crippen molar-refractivity contribution in [3.05, 3.63) is 34.8 Å². The highest BCUT2D eigenvalue weighted by molar-refractivity contribution is 6.31. The summed E-state index contributed by atoms with van der Waals surface area (Å²) < 4.78 is 18.2. The van der Waals surface area contributed by atoms with E-state index >= 15 is 0 Å². The molecule has 1 aromatic carbocycles. The molecule has 0 saturated carbocycles. The van der Waals surface area contributed by atoms with E-state index in [2.05, 4.69) is 0 Å². The van der Waals surface area contributed by atoms with Crippen LogP contribution in [0, 0.1) is 12.7 Å². The summed E-state index contributed by atoms with van der Waals surface area (Å²) in [6.07, 6.45) is 1.52. The van der Waals surface area contributed by atoms with Crippen molar-refractivity contribution in [1.82, 2.24) is 0 Å². The van der Waals surface area contributed by atoms with Gasteiger partial charge in [-0.15, -0.1) is 0 Å². The molecule has 0 fully saturated rings. The molecular formula is C9H6ClFO. The molecule has 0 N–H and O–H groups in total. The van der Waals surface area contributed by atoms with Crippen molar-refractivity contribution in [3.8, 4) is 0 Å². The summed E-state index contributed by atoms with van der Waals surface area (Å²) in [5.41, 5.74) is 1.15. The van der Waals surface area contributed by atoms with Gasteiger partial charge in [-0.3, -0.25) is 0 Å². The van der Waals surface area contributed by atoms with Crippen LogP contribution in [0.4, 0.5) is 4.39 Å². The zero-order valence-electron chi connectivity index (χ0n) is 6.40. The molecule has 0 aliphatic carbocycles. The highest BCUT2D eigenvalue weighted by Crippen LogP contribution is 2.27. The van der Waals surface area contributed by atoms with Crippen LogP contribution in [0.2, 0.25) is 5.02 Å². The Balaban J connectivity index is 2.93. The molecule has 0 bridgehead atoms. The quantitative estimate of drug-likeness (QED) is 0.611. The van der Waals surface area contributed by atoms with Gasteiger partial charge in [-0.05, 0) is 24.6 Å². The second-order valence-corrected chi connectivity index (χ2v) is 3.06. The van der Waals surface area contributed by atoms with Gasteiger partial charge >= 0.3 is 0 Å². The molecule has 2 aromatic rings. The molecule has 0 radical (unpaired) electrons. The Morgan fingerprint density at radius 2 is 2.17 bits per heavy atom. The van der Waals surface area contributed by atoms with Crippen molar-refractivity contribution in [1.29, 1.82) is 0 Å². The average Bonchev–Trinajstić information content (AvgIpc) is 2.41. The minimum atomic E-state index is -0.484. The van der Waals surface area contributed by atoms with Crippen molar-refractivity contribution in [2.24, 2.45) is 0 Å². The third kappa shape index (κ3) is 0.916. The summed E-state index contributed by atoms with van der Waals surface area (Å²) in [5.74, 6) is -0.484. The van der Waals surface area contributed by atoms with E-state index in [1.807, 2.05) is 6.92 Å². The van der Waals surface area contributed by atoms with E-state index in [-0.39, 0.29) is 10.6 Å². The Labute approximate surface area is 73.7 Å². The van der Waals surface area contributed by atoms with Gasteiger partial charge in [0.25, 0.3) is 0 Å². The maximum atomic E-state index is 13.2. The lowest BCUT2D eigenvalue weighted by atomic mass is 10.2. The summed E-state index contributed by atoms with van der Waals surface area (Å²) >= 11 is 5.56. The van der Waals surface area contributed by atoms with Crippen LogP contribution in [-0.2, 0) is 0 Å². The van der Waals surface area contributed by atoms with Crippen LogP contribution >= 0.6 is 11.6 Å². The van der Waals surface area contributed by atoms with Gasteiger partial charge < -0.3 is 4.42 Å². The topological polar surface area (TPSA) is 13.1 Å². The van der Waals surface area contributed by atoms with E-state index in [1.54, 1.807) is 6.07 Å². The molecule has 0 aliphatic rings. The zero-order valence-corrected chi connectivity index (χ0v) is 7.15. The molecule has 2 rings (SSSR count). The first-order valence-corrected chi connectivity index (χ1v) is 3.90. The predicted octanol–water partition coefficient (Wildman–Crippen LogP) is 3.53. The first kappa shape index (κ1) is 7.62. The third-order valence-electron chi connectivity index (χ3n) is 1.83. The minimum absolute atomic E-state index is 0.0943. The normalized spacial score (nSPS) is 10.9. The van der Waals surface area contributed by atoms with Gasteiger partial charge in [0.2, 0.25) is 0 Å². The average molecular weight is 185 g/mol. The number of fused-ring (bicyclic) bond motifs is 1. The summed E-state index contributed by atoms with van der Waals surface area (Å²) in [7, 11) is 0. The molecule has 0 unspecified atom stereocenters. The second-order valence-electron chi connectivity index (χ2n) is 2.66. The molecule has 1 nitrogen and oxygen atoms in total. The molecule has 0 aliphatic heterocycles. The van der Waals surface area contributed by atoms with Gasteiger partial charge in [0, 0.05) is 5.39 Å². The maximum Gasteiger partial charge on any atom is 0.184 e. The molecule has 3 heteroatoms. The third-order valence-corrected chi connectivity index (χ3v) is 2.12. The number of furan rings is 1. The smallest absolute Gasteiger partial charge is 0.184 e. The number of aryl methyl sites for hydroxylation is 1. The standard InChI is InChI=1S/C9H6ClFO/c1-5-4-12-9-6(5)2-3-7(10)8(9)11/h2-4H,1H3. The molecule has 1 aromatic heterocycles. The number of benzene rings is 1. The van der Waals surface area contributed by atoms with Crippen LogP contribution in [-0.4, -0.2) is 0 Å². The van der Waals surface area contributed by atoms with Gasteiger partial charge in [0.05, 0.1) is 11.3 Å². The second kappa shape index (κ2) is 2.49. The van der Waals surface area contributed by atoms with Gasteiger partial charge in [-0.1, -0.05) is 11.6 Å². The number of hydrogen-bond donors (Lipinski definition) is 0. The van der Waals surface area contributed by atoms with E-state index in [4.69, 9.17) is 16.0 Å². The van der Waals surface area contributed by atoms with Gasteiger partial charge in [0.1, 0.15) is 0 Å². The molecule has 62 valence electrons. The van der Waals surface area contributed by atoms with Crippen LogP contribution in [0.5, 0.6) is 0 Å². The summed E-state index contributed by atoms with van der Waals surface area (Å²) in [6, 6.07) is 3.28. The lowest BCUT2D eigenvalue weighted by Gasteiger charge is -1.93. The van der Waals surface area contributed by atoms with Crippen molar-refractivity contribution < 1.29 is 8.81 Å². The summed E-state index contributed by atoms with van der Waals surface area (Å²) in [6.45, 7) is 1.86. The van der Waals surface area contributed by atoms with Crippen LogP contribution in [0.3, 0.4) is 0 Å². The van der Waals surface area contributed by atoms with E-state index in [9.17, 15) is 4.39 Å². The fourth-order valence-electron chi connectivity index (χ4n) is 1.17. The number of rotatable bonds is 0. The van der Waals surface area contributed by atoms with Crippen LogP contribution in [0.15, 0.2) is 22.8 Å². The molecule has 1 heterocycles. The highest BCUT2D eigenvalue weighted by atomic mass is 35.5. The van der Waals surface area contributed by atoms with Crippen LogP contribution < -0.4 is 0 Å². The number of halogens is 2. The Kier molecular flexibility index (Phi) is 1.58. The molecule has 0 spiro atoms. The molecular weight excluding hydrogens is 179 g/mol. The van der Waals surface area contributed by atoms with Crippen molar-refractivity contribution in [3.63, 3.8) is 0 Å². The van der Waals surface area contributed by atoms with Crippen molar-refractivity contribution >= 4 is 22.6 Å². The SMILES string of the molecule is Cc1coc2c(F)c(Cl)ccc12. The van der Waals surface area contributed by atoms with E-state index in [1.165, 1.54) is 12.3 Å². The van der Waals surface area contributed by atoms with E-state index in [0.717, 1.165) is 10.9 Å². The largest absolute Gasteiger partial charge is 0.461 e. The fourth-order valence-corrected chi connectivity index (χ4v) is 1.32. The molecule has 0 atom stereocenters. The van der Waals surface area contributed by atoms with Gasteiger partial charge in [-0.2, -0.15) is 0 Å². The maximum absolute atomic E-state index is 13.2.